The van der Waals surface area contributed by atoms with Crippen LogP contribution in [0.15, 0.2) is 103 Å². The summed E-state index contributed by atoms with van der Waals surface area (Å²) in [4.78, 5) is 0. The van der Waals surface area contributed by atoms with E-state index in [2.05, 4.69) is 99.0 Å². The standard InChI is InChI=1S/C22H19O2.C9H12O.C2H6.Y/c1-23-18-13-11-17(12-14-18)22-19-9-5-6-10-21(19)24-15-20(22)16-7-3-2-4-8-16;1-8-3-5-9(6-4-8)7-10-2;1-2;/h2-14,20,22H,1,15H2;3-6H,7H2,1-2H3;1-2H3;/q-1;;;. The Morgan fingerprint density at radius 1 is 0.784 bits per heavy atom. The van der Waals surface area contributed by atoms with Gasteiger partial charge in [-0.15, -0.1) is 0 Å². The zero-order valence-electron chi connectivity index (χ0n) is 22.4. The average molecular weight is 571 g/mol. The summed E-state index contributed by atoms with van der Waals surface area (Å²) in [5.74, 6) is 2.30. The van der Waals surface area contributed by atoms with E-state index >= 15 is 0 Å². The SMILES string of the molecule is CC.COCc1ccc(C)cc1.[CH2-]Oc1ccc(C2c3ccccc3OCC2c2ccccc2)cc1.[Y]. The van der Waals surface area contributed by atoms with Gasteiger partial charge in [-0.05, 0) is 41.8 Å². The second-order valence-electron chi connectivity index (χ2n) is 8.48. The van der Waals surface area contributed by atoms with Crippen LogP contribution in [0.4, 0.5) is 0 Å². The smallest absolute Gasteiger partial charge is 0.123 e. The van der Waals surface area contributed by atoms with Gasteiger partial charge in [0.1, 0.15) is 5.75 Å². The minimum absolute atomic E-state index is 0. The van der Waals surface area contributed by atoms with Gasteiger partial charge in [0, 0.05) is 57.2 Å². The van der Waals surface area contributed by atoms with E-state index in [1.54, 1.807) is 7.11 Å². The Hall–Kier alpha value is -2.46. The summed E-state index contributed by atoms with van der Waals surface area (Å²) in [6, 6.07) is 35.5. The zero-order valence-corrected chi connectivity index (χ0v) is 25.2. The number of methoxy groups -OCH3 is 1. The van der Waals surface area contributed by atoms with Crippen molar-refractivity contribution < 1.29 is 46.9 Å². The van der Waals surface area contributed by atoms with Crippen LogP contribution in [0.1, 0.15) is 53.5 Å². The van der Waals surface area contributed by atoms with E-state index in [4.69, 9.17) is 14.2 Å². The Bertz CT molecular complexity index is 1160. The molecule has 3 nitrogen and oxygen atoms in total. The van der Waals surface area contributed by atoms with Gasteiger partial charge in [-0.25, -0.2) is 0 Å². The molecule has 191 valence electrons. The molecule has 4 heteroatoms. The Labute approximate surface area is 248 Å². The second-order valence-corrected chi connectivity index (χ2v) is 8.48. The van der Waals surface area contributed by atoms with Crippen LogP contribution in [0, 0.1) is 14.0 Å². The molecule has 0 saturated heterocycles. The van der Waals surface area contributed by atoms with Crippen LogP contribution in [-0.4, -0.2) is 13.7 Å². The van der Waals surface area contributed by atoms with Crippen LogP contribution < -0.4 is 9.47 Å². The third-order valence-electron chi connectivity index (χ3n) is 6.14. The molecule has 5 rings (SSSR count). The van der Waals surface area contributed by atoms with Gasteiger partial charge in [-0.3, -0.25) is 0 Å². The van der Waals surface area contributed by atoms with Crippen LogP contribution in [0.3, 0.4) is 0 Å². The van der Waals surface area contributed by atoms with Crippen molar-refractivity contribution in [1.29, 1.82) is 0 Å². The van der Waals surface area contributed by atoms with Crippen LogP contribution in [0.2, 0.25) is 0 Å². The van der Waals surface area contributed by atoms with Gasteiger partial charge in [-0.2, -0.15) is 7.11 Å². The van der Waals surface area contributed by atoms with E-state index in [9.17, 15) is 0 Å². The fourth-order valence-corrected chi connectivity index (χ4v) is 4.38. The van der Waals surface area contributed by atoms with Crippen molar-refractivity contribution in [1.82, 2.24) is 0 Å². The van der Waals surface area contributed by atoms with Crippen molar-refractivity contribution in [2.24, 2.45) is 0 Å². The molecule has 0 N–H and O–H groups in total. The van der Waals surface area contributed by atoms with Gasteiger partial charge in [-0.1, -0.05) is 104 Å². The van der Waals surface area contributed by atoms with Gasteiger partial charge in [0.25, 0.3) is 0 Å². The van der Waals surface area contributed by atoms with Gasteiger partial charge < -0.3 is 14.2 Å². The van der Waals surface area contributed by atoms with Crippen LogP contribution in [0.5, 0.6) is 11.5 Å². The predicted molar refractivity (Wildman–Crippen MR) is 149 cm³/mol. The van der Waals surface area contributed by atoms with E-state index in [0.29, 0.717) is 13.2 Å². The third-order valence-corrected chi connectivity index (χ3v) is 6.14. The molecular formula is C33H37O3Y-. The molecule has 1 heterocycles. The van der Waals surface area contributed by atoms with Crippen molar-refractivity contribution in [3.05, 3.63) is 138 Å². The molecule has 0 bridgehead atoms. The molecule has 0 aromatic heterocycles. The molecule has 4 aromatic rings. The summed E-state index contributed by atoms with van der Waals surface area (Å²) in [5.41, 5.74) is 6.32. The number of hydrogen-bond acceptors (Lipinski definition) is 3. The molecule has 1 aliphatic heterocycles. The number of aryl methyl sites for hydroxylation is 1. The minimum Gasteiger partial charge on any atom is -0.665 e. The molecule has 2 unspecified atom stereocenters. The molecule has 0 spiro atoms. The van der Waals surface area contributed by atoms with Crippen LogP contribution in [-0.2, 0) is 44.1 Å². The Morgan fingerprint density at radius 2 is 1.41 bits per heavy atom. The molecule has 0 aliphatic carbocycles. The van der Waals surface area contributed by atoms with E-state index in [0.717, 1.165) is 11.5 Å². The van der Waals surface area contributed by atoms with Gasteiger partial charge in [0.15, 0.2) is 0 Å². The first kappa shape index (κ1) is 30.8. The predicted octanol–water partition coefficient (Wildman–Crippen LogP) is 8.33. The summed E-state index contributed by atoms with van der Waals surface area (Å²) in [6.45, 7) is 7.47. The van der Waals surface area contributed by atoms with E-state index in [-0.39, 0.29) is 44.5 Å². The Kier molecular flexibility index (Phi) is 13.6. The van der Waals surface area contributed by atoms with Crippen molar-refractivity contribution in [2.75, 3.05) is 13.7 Å². The number of ether oxygens (including phenoxy) is 3. The molecule has 2 atom stereocenters. The molecule has 4 aromatic carbocycles. The fourth-order valence-electron chi connectivity index (χ4n) is 4.38. The molecule has 0 fully saturated rings. The van der Waals surface area contributed by atoms with E-state index < -0.39 is 0 Å². The Balaban J connectivity index is 0.000000314. The summed E-state index contributed by atoms with van der Waals surface area (Å²) in [5, 5.41) is 0. The molecular weight excluding hydrogens is 533 g/mol. The normalized spacial score (nSPS) is 15.3. The molecule has 37 heavy (non-hydrogen) atoms. The number of para-hydroxylation sites is 1. The molecule has 1 aliphatic rings. The summed E-state index contributed by atoms with van der Waals surface area (Å²) in [7, 11) is 5.18. The van der Waals surface area contributed by atoms with E-state index in [1.165, 1.54) is 27.8 Å². The maximum absolute atomic E-state index is 6.05. The fraction of sp³-hybridized carbons (Fsp3) is 0.242. The maximum Gasteiger partial charge on any atom is 0.123 e. The van der Waals surface area contributed by atoms with Gasteiger partial charge >= 0.3 is 0 Å². The number of rotatable bonds is 5. The first-order valence-corrected chi connectivity index (χ1v) is 12.5. The molecule has 1 radical (unpaired) electrons. The van der Waals surface area contributed by atoms with Gasteiger partial charge in [0.05, 0.1) is 19.0 Å². The molecule has 0 amide bonds. The largest absolute Gasteiger partial charge is 0.665 e. The van der Waals surface area contributed by atoms with Crippen molar-refractivity contribution in [3.63, 3.8) is 0 Å². The number of hydrogen-bond donors (Lipinski definition) is 0. The number of benzene rings is 4. The van der Waals surface area contributed by atoms with Crippen LogP contribution in [0.25, 0.3) is 0 Å². The zero-order chi connectivity index (χ0) is 25.8. The minimum atomic E-state index is 0. The summed E-state index contributed by atoms with van der Waals surface area (Å²) in [6.07, 6.45) is 0. The van der Waals surface area contributed by atoms with Crippen LogP contribution >= 0.6 is 0 Å². The first-order chi connectivity index (χ1) is 17.7. The summed E-state index contributed by atoms with van der Waals surface area (Å²) >= 11 is 0. The first-order valence-electron chi connectivity index (χ1n) is 12.5. The average Bonchev–Trinajstić information content (AvgIpc) is 2.96. The second kappa shape index (κ2) is 16.4. The Morgan fingerprint density at radius 3 is 2.03 bits per heavy atom. The molecule has 0 saturated carbocycles. The third kappa shape index (κ3) is 8.53. The van der Waals surface area contributed by atoms with Crippen molar-refractivity contribution in [3.8, 4) is 11.5 Å². The quantitative estimate of drug-likeness (QED) is 0.226. The summed E-state index contributed by atoms with van der Waals surface area (Å²) < 4.78 is 16.1. The van der Waals surface area contributed by atoms with Gasteiger partial charge in [0.2, 0.25) is 0 Å². The maximum atomic E-state index is 6.05. The number of fused-ring (bicyclic) bond motifs is 1. The topological polar surface area (TPSA) is 27.7 Å². The van der Waals surface area contributed by atoms with Crippen molar-refractivity contribution >= 4 is 0 Å². The monoisotopic (exact) mass is 570 g/mol. The van der Waals surface area contributed by atoms with Crippen molar-refractivity contribution in [2.45, 2.75) is 39.2 Å². The van der Waals surface area contributed by atoms with E-state index in [1.807, 2.05) is 32.0 Å².